The quantitative estimate of drug-likeness (QED) is 0.808. The summed E-state index contributed by atoms with van der Waals surface area (Å²) in [5.74, 6) is -0.609. The smallest absolute Gasteiger partial charge is 0.191 e. The van der Waals surface area contributed by atoms with Gasteiger partial charge in [-0.15, -0.1) is 0 Å². The fourth-order valence-corrected chi connectivity index (χ4v) is 1.77. The summed E-state index contributed by atoms with van der Waals surface area (Å²) >= 11 is 0. The first kappa shape index (κ1) is 11.9. The lowest BCUT2D eigenvalue weighted by Gasteiger charge is -2.29. The van der Waals surface area contributed by atoms with Gasteiger partial charge in [0.1, 0.15) is 0 Å². The van der Waals surface area contributed by atoms with Crippen molar-refractivity contribution in [3.8, 4) is 0 Å². The van der Waals surface area contributed by atoms with E-state index in [1.54, 1.807) is 14.2 Å². The Morgan fingerprint density at radius 3 is 2.35 bits per heavy atom. The monoisotopic (exact) mass is 231 g/mol. The van der Waals surface area contributed by atoms with Crippen molar-refractivity contribution < 1.29 is 9.47 Å². The lowest BCUT2D eigenvalue weighted by molar-refractivity contribution is -0.167. The normalized spacial score (nSPS) is 17.6. The second-order valence-electron chi connectivity index (χ2n) is 3.91. The highest BCUT2D eigenvalue weighted by molar-refractivity contribution is 5.51. The van der Waals surface area contributed by atoms with Crippen molar-refractivity contribution in [3.05, 3.63) is 54.3 Å². The van der Waals surface area contributed by atoms with E-state index in [0.29, 0.717) is 6.42 Å². The summed E-state index contributed by atoms with van der Waals surface area (Å²) in [6.45, 7) is 0. The van der Waals surface area contributed by atoms with Crippen LogP contribution in [-0.2, 0) is 9.47 Å². The van der Waals surface area contributed by atoms with Crippen molar-refractivity contribution in [1.29, 1.82) is 0 Å². The second kappa shape index (κ2) is 5.17. The molecule has 0 bridgehead atoms. The zero-order valence-electron chi connectivity index (χ0n) is 10.1. The summed E-state index contributed by atoms with van der Waals surface area (Å²) < 4.78 is 10.7. The van der Waals surface area contributed by atoms with Gasteiger partial charge >= 0.3 is 0 Å². The third kappa shape index (κ3) is 2.75. The molecule has 0 saturated heterocycles. The van der Waals surface area contributed by atoms with Crippen LogP contribution in [0.1, 0.15) is 6.42 Å². The molecule has 0 unspecified atom stereocenters. The predicted octanol–water partition coefficient (Wildman–Crippen LogP) is 2.93. The van der Waals surface area contributed by atoms with Gasteiger partial charge in [0.05, 0.1) is 0 Å². The Hall–Kier alpha value is -1.58. The first-order valence-corrected chi connectivity index (χ1v) is 5.60. The first-order valence-electron chi connectivity index (χ1n) is 5.60. The van der Waals surface area contributed by atoms with Gasteiger partial charge in [0.2, 0.25) is 0 Å². The van der Waals surface area contributed by atoms with E-state index in [0.717, 1.165) is 11.4 Å². The fourth-order valence-electron chi connectivity index (χ4n) is 1.77. The highest BCUT2D eigenvalue weighted by Crippen LogP contribution is 2.25. The minimum Gasteiger partial charge on any atom is -0.356 e. The minimum atomic E-state index is -0.609. The molecule has 90 valence electrons. The van der Waals surface area contributed by atoms with E-state index in [1.807, 2.05) is 42.5 Å². The zero-order valence-corrected chi connectivity index (χ0v) is 10.1. The number of ether oxygens (including phenoxy) is 2. The van der Waals surface area contributed by atoms with Gasteiger partial charge in [-0.3, -0.25) is 0 Å². The van der Waals surface area contributed by atoms with Crippen molar-refractivity contribution in [2.45, 2.75) is 12.2 Å². The Morgan fingerprint density at radius 2 is 1.82 bits per heavy atom. The number of hydrogen-bond donors (Lipinski definition) is 1. The number of nitrogens with one attached hydrogen (secondary N) is 1. The van der Waals surface area contributed by atoms with Gasteiger partial charge in [0, 0.05) is 32.0 Å². The van der Waals surface area contributed by atoms with Gasteiger partial charge in [-0.2, -0.15) is 0 Å². The molecule has 1 aromatic rings. The van der Waals surface area contributed by atoms with Gasteiger partial charge in [-0.25, -0.2) is 0 Å². The van der Waals surface area contributed by atoms with Crippen molar-refractivity contribution in [3.63, 3.8) is 0 Å². The number of allylic oxidation sites excluding steroid dienone is 1. The summed E-state index contributed by atoms with van der Waals surface area (Å²) in [7, 11) is 3.30. The summed E-state index contributed by atoms with van der Waals surface area (Å²) in [5, 5.41) is 3.33. The van der Waals surface area contributed by atoms with Crippen molar-refractivity contribution >= 4 is 5.69 Å². The minimum absolute atomic E-state index is 0.609. The van der Waals surface area contributed by atoms with E-state index >= 15 is 0 Å². The predicted molar refractivity (Wildman–Crippen MR) is 68.7 cm³/mol. The number of rotatable bonds is 4. The average Bonchev–Trinajstić information content (AvgIpc) is 2.41. The van der Waals surface area contributed by atoms with Crippen molar-refractivity contribution in [2.24, 2.45) is 0 Å². The summed E-state index contributed by atoms with van der Waals surface area (Å²) in [6.07, 6.45) is 6.67. The molecule has 0 aromatic heterocycles. The maximum atomic E-state index is 5.35. The van der Waals surface area contributed by atoms with E-state index in [9.17, 15) is 0 Å². The molecule has 1 N–H and O–H groups in total. The van der Waals surface area contributed by atoms with Gasteiger partial charge < -0.3 is 14.8 Å². The van der Waals surface area contributed by atoms with Crippen LogP contribution in [0.25, 0.3) is 0 Å². The molecule has 17 heavy (non-hydrogen) atoms. The number of methoxy groups -OCH3 is 2. The first-order chi connectivity index (χ1) is 8.28. The second-order valence-corrected chi connectivity index (χ2v) is 3.91. The van der Waals surface area contributed by atoms with E-state index < -0.39 is 5.79 Å². The molecule has 0 atom stereocenters. The summed E-state index contributed by atoms with van der Waals surface area (Å²) in [6, 6.07) is 10.1. The number of hydrogen-bond acceptors (Lipinski definition) is 3. The number of anilines is 1. The van der Waals surface area contributed by atoms with Crippen LogP contribution >= 0.6 is 0 Å². The number of para-hydroxylation sites is 1. The Kier molecular flexibility index (Phi) is 3.61. The summed E-state index contributed by atoms with van der Waals surface area (Å²) in [4.78, 5) is 0. The Morgan fingerprint density at radius 1 is 1.12 bits per heavy atom. The molecule has 3 nitrogen and oxygen atoms in total. The van der Waals surface area contributed by atoms with Gasteiger partial charge in [-0.1, -0.05) is 24.3 Å². The average molecular weight is 231 g/mol. The van der Waals surface area contributed by atoms with Crippen molar-refractivity contribution in [1.82, 2.24) is 0 Å². The molecule has 0 heterocycles. The molecule has 1 aliphatic carbocycles. The molecule has 3 heteroatoms. The van der Waals surface area contributed by atoms with Crippen LogP contribution in [0.2, 0.25) is 0 Å². The van der Waals surface area contributed by atoms with Crippen LogP contribution in [-0.4, -0.2) is 20.0 Å². The Bertz CT molecular complexity index is 419. The molecule has 1 aliphatic rings. The topological polar surface area (TPSA) is 30.5 Å². The molecule has 0 amide bonds. The molecule has 1 aromatic carbocycles. The SMILES string of the molecule is COC1(OC)C=CC(Nc2ccccc2)=CC1. The lowest BCUT2D eigenvalue weighted by atomic mass is 10.1. The maximum Gasteiger partial charge on any atom is 0.191 e. The molecular formula is C14H17NO2. The van der Waals surface area contributed by atoms with Crippen LogP contribution in [0.3, 0.4) is 0 Å². The van der Waals surface area contributed by atoms with Crippen molar-refractivity contribution in [2.75, 3.05) is 19.5 Å². The molecule has 0 spiro atoms. The van der Waals surface area contributed by atoms with E-state index in [-0.39, 0.29) is 0 Å². The highest BCUT2D eigenvalue weighted by Gasteiger charge is 2.27. The standard InChI is InChI=1S/C14H17NO2/c1-16-14(17-2)10-8-13(9-11-14)15-12-6-4-3-5-7-12/h3-10,15H,11H2,1-2H3. The highest BCUT2D eigenvalue weighted by atomic mass is 16.7. The van der Waals surface area contributed by atoms with Crippen LogP contribution in [0.4, 0.5) is 5.69 Å². The van der Waals surface area contributed by atoms with Gasteiger partial charge in [0.15, 0.2) is 5.79 Å². The van der Waals surface area contributed by atoms with E-state index in [4.69, 9.17) is 9.47 Å². The number of benzene rings is 1. The third-order valence-electron chi connectivity index (χ3n) is 2.88. The van der Waals surface area contributed by atoms with Crippen LogP contribution in [0.15, 0.2) is 54.3 Å². The van der Waals surface area contributed by atoms with Gasteiger partial charge in [-0.05, 0) is 24.3 Å². The largest absolute Gasteiger partial charge is 0.356 e. The van der Waals surface area contributed by atoms with Crippen LogP contribution in [0, 0.1) is 0 Å². The molecular weight excluding hydrogens is 214 g/mol. The maximum absolute atomic E-state index is 5.35. The molecule has 0 aliphatic heterocycles. The fraction of sp³-hybridized carbons (Fsp3) is 0.286. The lowest BCUT2D eigenvalue weighted by Crippen LogP contribution is -2.32. The van der Waals surface area contributed by atoms with Crippen LogP contribution < -0.4 is 5.32 Å². The Balaban J connectivity index is 2.03. The molecule has 2 rings (SSSR count). The van der Waals surface area contributed by atoms with E-state index in [2.05, 4.69) is 11.4 Å². The molecule has 0 fully saturated rings. The zero-order chi connectivity index (χ0) is 12.1. The van der Waals surface area contributed by atoms with E-state index in [1.165, 1.54) is 0 Å². The third-order valence-corrected chi connectivity index (χ3v) is 2.88. The Labute approximate surface area is 102 Å². The molecule has 0 saturated carbocycles. The van der Waals surface area contributed by atoms with Gasteiger partial charge in [0.25, 0.3) is 0 Å². The van der Waals surface area contributed by atoms with Crippen LogP contribution in [0.5, 0.6) is 0 Å². The summed E-state index contributed by atoms with van der Waals surface area (Å²) in [5.41, 5.74) is 2.13. The molecule has 0 radical (unpaired) electrons.